The van der Waals surface area contributed by atoms with Gasteiger partial charge in [0.2, 0.25) is 5.91 Å². The Labute approximate surface area is 130 Å². The average Bonchev–Trinajstić information content (AvgIpc) is 2.97. The SMILES string of the molecule is CN(CC(=O)Nc1ccc(Cl)cc1)c1ccc2nnnn2n1. The van der Waals surface area contributed by atoms with Crippen LogP contribution < -0.4 is 10.2 Å². The molecule has 1 aromatic carbocycles. The third-order valence-electron chi connectivity index (χ3n) is 2.96. The molecule has 3 rings (SSSR count). The number of aromatic nitrogens is 5. The Bertz CT molecular complexity index is 802. The van der Waals surface area contributed by atoms with Gasteiger partial charge in [-0.1, -0.05) is 11.6 Å². The van der Waals surface area contributed by atoms with Gasteiger partial charge in [-0.3, -0.25) is 4.79 Å². The van der Waals surface area contributed by atoms with Crippen LogP contribution >= 0.6 is 11.6 Å². The van der Waals surface area contributed by atoms with Crippen molar-refractivity contribution >= 4 is 34.7 Å². The van der Waals surface area contributed by atoms with Gasteiger partial charge in [-0.25, -0.2) is 0 Å². The van der Waals surface area contributed by atoms with Gasteiger partial charge in [-0.2, -0.15) is 0 Å². The molecule has 0 aliphatic rings. The number of anilines is 2. The van der Waals surface area contributed by atoms with E-state index in [4.69, 9.17) is 11.6 Å². The zero-order valence-electron chi connectivity index (χ0n) is 11.6. The second kappa shape index (κ2) is 5.94. The molecule has 8 nitrogen and oxygen atoms in total. The van der Waals surface area contributed by atoms with E-state index in [1.807, 2.05) is 0 Å². The lowest BCUT2D eigenvalue weighted by Crippen LogP contribution is -2.31. The van der Waals surface area contributed by atoms with E-state index in [0.717, 1.165) is 0 Å². The highest BCUT2D eigenvalue weighted by Crippen LogP contribution is 2.14. The Hall–Kier alpha value is -2.74. The largest absolute Gasteiger partial charge is 0.349 e. The number of tetrazole rings is 1. The van der Waals surface area contributed by atoms with E-state index in [0.29, 0.717) is 22.2 Å². The summed E-state index contributed by atoms with van der Waals surface area (Å²) in [4.78, 5) is 13.7. The Morgan fingerprint density at radius 3 is 2.82 bits per heavy atom. The molecule has 0 saturated heterocycles. The van der Waals surface area contributed by atoms with Gasteiger partial charge in [-0.05, 0) is 46.8 Å². The number of fused-ring (bicyclic) bond motifs is 1. The molecule has 2 heterocycles. The number of amides is 1. The first-order valence-corrected chi connectivity index (χ1v) is 6.81. The van der Waals surface area contributed by atoms with Crippen LogP contribution in [-0.4, -0.2) is 44.8 Å². The summed E-state index contributed by atoms with van der Waals surface area (Å²) in [5.74, 6) is 0.425. The lowest BCUT2D eigenvalue weighted by Gasteiger charge is -2.17. The second-order valence-corrected chi connectivity index (χ2v) is 5.07. The van der Waals surface area contributed by atoms with Crippen LogP contribution in [0.25, 0.3) is 5.65 Å². The van der Waals surface area contributed by atoms with E-state index < -0.39 is 0 Å². The summed E-state index contributed by atoms with van der Waals surface area (Å²) in [6.45, 7) is 0.142. The third kappa shape index (κ3) is 3.12. The van der Waals surface area contributed by atoms with Crippen LogP contribution in [0.1, 0.15) is 0 Å². The van der Waals surface area contributed by atoms with Crippen LogP contribution in [0.5, 0.6) is 0 Å². The molecule has 112 valence electrons. The minimum atomic E-state index is -0.163. The van der Waals surface area contributed by atoms with E-state index in [1.165, 1.54) is 4.63 Å². The normalized spacial score (nSPS) is 10.6. The molecule has 0 radical (unpaired) electrons. The fourth-order valence-corrected chi connectivity index (χ4v) is 2.00. The smallest absolute Gasteiger partial charge is 0.243 e. The number of carbonyl (C=O) groups excluding carboxylic acids is 1. The van der Waals surface area contributed by atoms with Gasteiger partial charge in [-0.15, -0.1) is 14.8 Å². The van der Waals surface area contributed by atoms with Crippen molar-refractivity contribution in [1.29, 1.82) is 0 Å². The standard InChI is InChI=1S/C13H12ClN7O/c1-20(12-7-6-11-16-18-19-21(11)17-12)8-13(22)15-10-4-2-9(14)3-5-10/h2-7H,8H2,1H3,(H,15,22). The lowest BCUT2D eigenvalue weighted by molar-refractivity contribution is -0.114. The highest BCUT2D eigenvalue weighted by atomic mass is 35.5. The molecule has 0 unspecified atom stereocenters. The van der Waals surface area contributed by atoms with Crippen LogP contribution in [0.3, 0.4) is 0 Å². The van der Waals surface area contributed by atoms with Crippen LogP contribution in [-0.2, 0) is 4.79 Å². The Morgan fingerprint density at radius 1 is 1.27 bits per heavy atom. The third-order valence-corrected chi connectivity index (χ3v) is 3.21. The van der Waals surface area contributed by atoms with Crippen molar-refractivity contribution in [3.63, 3.8) is 0 Å². The van der Waals surface area contributed by atoms with Crippen molar-refractivity contribution in [3.05, 3.63) is 41.4 Å². The Morgan fingerprint density at radius 2 is 2.05 bits per heavy atom. The summed E-state index contributed by atoms with van der Waals surface area (Å²) < 4.78 is 1.31. The summed E-state index contributed by atoms with van der Waals surface area (Å²) >= 11 is 5.80. The quantitative estimate of drug-likeness (QED) is 0.779. The van der Waals surface area contributed by atoms with Crippen molar-refractivity contribution in [2.45, 2.75) is 0 Å². The molecule has 0 spiro atoms. The molecule has 3 aromatic rings. The number of carbonyl (C=O) groups is 1. The van der Waals surface area contributed by atoms with Crippen LogP contribution in [0.4, 0.5) is 11.5 Å². The number of halogens is 1. The van der Waals surface area contributed by atoms with E-state index in [-0.39, 0.29) is 12.5 Å². The summed E-state index contributed by atoms with van der Waals surface area (Å²) in [6.07, 6.45) is 0. The van der Waals surface area contributed by atoms with Gasteiger partial charge in [0.25, 0.3) is 0 Å². The van der Waals surface area contributed by atoms with Crippen LogP contribution in [0.2, 0.25) is 5.02 Å². The Balaban J connectivity index is 1.66. The molecule has 0 saturated carbocycles. The van der Waals surface area contributed by atoms with Crippen molar-refractivity contribution in [2.75, 3.05) is 23.8 Å². The maximum atomic E-state index is 12.0. The van der Waals surface area contributed by atoms with Crippen LogP contribution in [0.15, 0.2) is 36.4 Å². The number of nitrogens with one attached hydrogen (secondary N) is 1. The predicted molar refractivity (Wildman–Crippen MR) is 81.9 cm³/mol. The highest BCUT2D eigenvalue weighted by Gasteiger charge is 2.10. The molecule has 0 fully saturated rings. The maximum absolute atomic E-state index is 12.0. The van der Waals surface area contributed by atoms with E-state index in [9.17, 15) is 4.79 Å². The minimum Gasteiger partial charge on any atom is -0.349 e. The number of hydrogen-bond acceptors (Lipinski definition) is 6. The molecular weight excluding hydrogens is 306 g/mol. The summed E-state index contributed by atoms with van der Waals surface area (Å²) in [7, 11) is 1.76. The van der Waals surface area contributed by atoms with Gasteiger partial charge in [0, 0.05) is 17.8 Å². The first-order valence-electron chi connectivity index (χ1n) is 6.44. The molecular formula is C13H12ClN7O. The van der Waals surface area contributed by atoms with Gasteiger partial charge in [0.15, 0.2) is 11.5 Å². The highest BCUT2D eigenvalue weighted by molar-refractivity contribution is 6.30. The second-order valence-electron chi connectivity index (χ2n) is 4.63. The maximum Gasteiger partial charge on any atom is 0.243 e. The molecule has 0 aliphatic heterocycles. The van der Waals surface area contributed by atoms with Crippen molar-refractivity contribution in [1.82, 2.24) is 25.3 Å². The molecule has 0 bridgehead atoms. The van der Waals surface area contributed by atoms with Gasteiger partial charge >= 0.3 is 0 Å². The number of nitrogens with zero attached hydrogens (tertiary/aromatic N) is 6. The van der Waals surface area contributed by atoms with Crippen molar-refractivity contribution in [2.24, 2.45) is 0 Å². The summed E-state index contributed by atoms with van der Waals surface area (Å²) in [5, 5.41) is 18.6. The number of likely N-dealkylation sites (N-methyl/N-ethyl adjacent to an activating group) is 1. The zero-order valence-corrected chi connectivity index (χ0v) is 12.4. The van der Waals surface area contributed by atoms with Crippen molar-refractivity contribution in [3.8, 4) is 0 Å². The van der Waals surface area contributed by atoms with Gasteiger partial charge in [0.1, 0.15) is 0 Å². The number of benzene rings is 1. The summed E-state index contributed by atoms with van der Waals surface area (Å²) in [5.41, 5.74) is 1.23. The molecule has 1 N–H and O–H groups in total. The van der Waals surface area contributed by atoms with E-state index in [2.05, 4.69) is 25.9 Å². The Kier molecular flexibility index (Phi) is 3.84. The molecule has 9 heteroatoms. The summed E-state index contributed by atoms with van der Waals surface area (Å²) in [6, 6.07) is 10.4. The van der Waals surface area contributed by atoms with Crippen molar-refractivity contribution < 1.29 is 4.79 Å². The first-order chi connectivity index (χ1) is 10.6. The molecule has 1 amide bonds. The van der Waals surface area contributed by atoms with Gasteiger partial charge in [0.05, 0.1) is 6.54 Å². The van der Waals surface area contributed by atoms with Crippen LogP contribution in [0, 0.1) is 0 Å². The lowest BCUT2D eigenvalue weighted by atomic mass is 10.3. The van der Waals surface area contributed by atoms with Gasteiger partial charge < -0.3 is 10.2 Å². The average molecular weight is 318 g/mol. The fraction of sp³-hybridized carbons (Fsp3) is 0.154. The zero-order chi connectivity index (χ0) is 15.5. The number of hydrogen-bond donors (Lipinski definition) is 1. The molecule has 0 atom stereocenters. The number of rotatable bonds is 4. The molecule has 0 aliphatic carbocycles. The monoisotopic (exact) mass is 317 g/mol. The fourth-order valence-electron chi connectivity index (χ4n) is 1.87. The molecule has 2 aromatic heterocycles. The van der Waals surface area contributed by atoms with E-state index >= 15 is 0 Å². The predicted octanol–water partition coefficient (Wildman–Crippen LogP) is 1.25. The first kappa shape index (κ1) is 14.2. The minimum absolute atomic E-state index is 0.142. The van der Waals surface area contributed by atoms with E-state index in [1.54, 1.807) is 48.3 Å². The topological polar surface area (TPSA) is 88.3 Å². The molecule has 22 heavy (non-hydrogen) atoms.